The van der Waals surface area contributed by atoms with Gasteiger partial charge in [0.05, 0.1) is 17.7 Å². The molecule has 0 N–H and O–H groups in total. The van der Waals surface area contributed by atoms with Gasteiger partial charge >= 0.3 is 0 Å². The fourth-order valence-electron chi connectivity index (χ4n) is 3.56. The molecule has 2 aromatic rings. The Bertz CT molecular complexity index is 577. The van der Waals surface area contributed by atoms with Gasteiger partial charge in [-0.05, 0) is 18.4 Å². The van der Waals surface area contributed by atoms with E-state index < -0.39 is 0 Å². The molecule has 0 spiro atoms. The Labute approximate surface area is 108 Å². The molecule has 0 radical (unpaired) electrons. The van der Waals surface area contributed by atoms with E-state index in [9.17, 15) is 0 Å². The number of nitrogens with zero attached hydrogens (tertiary/aromatic N) is 2. The maximum atomic E-state index is 4.72. The van der Waals surface area contributed by atoms with Crippen molar-refractivity contribution in [2.45, 2.75) is 44.6 Å². The summed E-state index contributed by atoms with van der Waals surface area (Å²) >= 11 is 0. The molecular weight excluding hydrogens is 220 g/mol. The van der Waals surface area contributed by atoms with Crippen LogP contribution in [0, 0.1) is 0 Å². The molecule has 0 saturated heterocycles. The third kappa shape index (κ3) is 1.45. The number of imidazole rings is 1. The van der Waals surface area contributed by atoms with Gasteiger partial charge in [0.1, 0.15) is 0 Å². The highest BCUT2D eigenvalue weighted by molar-refractivity contribution is 5.70. The van der Waals surface area contributed by atoms with Crippen LogP contribution in [0.3, 0.4) is 0 Å². The molecule has 2 heteroatoms. The maximum absolute atomic E-state index is 4.72. The molecule has 18 heavy (non-hydrogen) atoms. The minimum Gasteiger partial charge on any atom is -0.326 e. The van der Waals surface area contributed by atoms with E-state index in [1.807, 2.05) is 6.33 Å². The van der Waals surface area contributed by atoms with Crippen LogP contribution in [0.25, 0.3) is 11.3 Å². The Kier molecular flexibility index (Phi) is 2.29. The van der Waals surface area contributed by atoms with Gasteiger partial charge in [-0.1, -0.05) is 43.5 Å². The molecule has 0 unspecified atom stereocenters. The highest BCUT2D eigenvalue weighted by Crippen LogP contribution is 2.41. The molecule has 1 aromatic heterocycles. The van der Waals surface area contributed by atoms with Gasteiger partial charge in [0.15, 0.2) is 0 Å². The molecule has 1 aliphatic heterocycles. The first-order valence-electron chi connectivity index (χ1n) is 7.07. The van der Waals surface area contributed by atoms with Gasteiger partial charge < -0.3 is 4.57 Å². The van der Waals surface area contributed by atoms with Crippen LogP contribution >= 0.6 is 0 Å². The van der Waals surface area contributed by atoms with Crippen LogP contribution in [-0.2, 0) is 6.54 Å². The Morgan fingerprint density at radius 3 is 2.78 bits per heavy atom. The van der Waals surface area contributed by atoms with Crippen molar-refractivity contribution in [2.75, 3.05) is 0 Å². The number of aromatic nitrogens is 2. The average Bonchev–Trinajstić information content (AvgIpc) is 2.98. The van der Waals surface area contributed by atoms with Crippen LogP contribution < -0.4 is 0 Å². The van der Waals surface area contributed by atoms with E-state index in [2.05, 4.69) is 28.8 Å². The zero-order valence-corrected chi connectivity index (χ0v) is 10.6. The van der Waals surface area contributed by atoms with Gasteiger partial charge in [-0.3, -0.25) is 0 Å². The molecule has 1 fully saturated rings. The second-order valence-electron chi connectivity index (χ2n) is 5.60. The van der Waals surface area contributed by atoms with E-state index >= 15 is 0 Å². The molecule has 1 aliphatic carbocycles. The molecule has 2 nitrogen and oxygen atoms in total. The fourth-order valence-corrected chi connectivity index (χ4v) is 3.56. The summed E-state index contributed by atoms with van der Waals surface area (Å²) in [6.07, 6.45) is 8.85. The molecule has 92 valence electrons. The number of benzene rings is 1. The van der Waals surface area contributed by atoms with Gasteiger partial charge in [0.2, 0.25) is 0 Å². The summed E-state index contributed by atoms with van der Waals surface area (Å²) < 4.78 is 2.33. The molecule has 2 aliphatic rings. The summed E-state index contributed by atoms with van der Waals surface area (Å²) in [6, 6.07) is 8.78. The fraction of sp³-hybridized carbons (Fsp3) is 0.438. The number of hydrogen-bond donors (Lipinski definition) is 0. The standard InChI is InChI=1S/C16H18N2/c1-2-6-12(7-3-1)15-16-14-9-5-4-8-13(14)10-18(16)11-17-15/h4-5,8-9,11-12H,1-3,6-7,10H2. The van der Waals surface area contributed by atoms with E-state index in [0.29, 0.717) is 5.92 Å². The van der Waals surface area contributed by atoms with Crippen molar-refractivity contribution in [1.29, 1.82) is 0 Å². The van der Waals surface area contributed by atoms with Crippen LogP contribution in [0.2, 0.25) is 0 Å². The summed E-state index contributed by atoms with van der Waals surface area (Å²) in [5, 5.41) is 0. The molecule has 4 rings (SSSR count). The lowest BCUT2D eigenvalue weighted by molar-refractivity contribution is 0.438. The molecule has 0 atom stereocenters. The van der Waals surface area contributed by atoms with Crippen molar-refractivity contribution in [1.82, 2.24) is 9.55 Å². The quantitative estimate of drug-likeness (QED) is 0.627. The third-order valence-electron chi connectivity index (χ3n) is 4.47. The van der Waals surface area contributed by atoms with E-state index in [-0.39, 0.29) is 0 Å². The van der Waals surface area contributed by atoms with Crippen LogP contribution in [-0.4, -0.2) is 9.55 Å². The Hall–Kier alpha value is -1.57. The zero-order valence-electron chi connectivity index (χ0n) is 10.6. The van der Waals surface area contributed by atoms with Crippen LogP contribution in [0.5, 0.6) is 0 Å². The van der Waals surface area contributed by atoms with E-state index in [4.69, 9.17) is 4.98 Å². The first-order chi connectivity index (χ1) is 8.93. The van der Waals surface area contributed by atoms with Crippen molar-refractivity contribution >= 4 is 0 Å². The summed E-state index contributed by atoms with van der Waals surface area (Å²) in [6.45, 7) is 1.01. The lowest BCUT2D eigenvalue weighted by Gasteiger charge is -2.20. The van der Waals surface area contributed by atoms with Crippen molar-refractivity contribution < 1.29 is 0 Å². The molecule has 1 saturated carbocycles. The zero-order chi connectivity index (χ0) is 11.9. The minimum absolute atomic E-state index is 0.696. The predicted molar refractivity (Wildman–Crippen MR) is 72.6 cm³/mol. The van der Waals surface area contributed by atoms with Gasteiger partial charge in [-0.2, -0.15) is 0 Å². The lowest BCUT2D eigenvalue weighted by Crippen LogP contribution is -2.06. The SMILES string of the molecule is c1ccc2c(c1)Cn1cnc(C3CCCCC3)c1-2. The van der Waals surface area contributed by atoms with Gasteiger partial charge in [-0.25, -0.2) is 4.98 Å². The van der Waals surface area contributed by atoms with Crippen molar-refractivity contribution in [3.63, 3.8) is 0 Å². The van der Waals surface area contributed by atoms with Crippen LogP contribution in [0.1, 0.15) is 49.3 Å². The normalized spacial score (nSPS) is 18.7. The van der Waals surface area contributed by atoms with Gasteiger partial charge in [0.25, 0.3) is 0 Å². The summed E-state index contributed by atoms with van der Waals surface area (Å²) in [5.74, 6) is 0.696. The van der Waals surface area contributed by atoms with Gasteiger partial charge in [0, 0.05) is 18.0 Å². The molecular formula is C16H18N2. The molecule has 0 bridgehead atoms. The highest BCUT2D eigenvalue weighted by Gasteiger charge is 2.27. The molecule has 2 heterocycles. The number of fused-ring (bicyclic) bond motifs is 3. The summed E-state index contributed by atoms with van der Waals surface area (Å²) in [5.41, 5.74) is 5.62. The van der Waals surface area contributed by atoms with E-state index in [1.165, 1.54) is 54.6 Å². The lowest BCUT2D eigenvalue weighted by atomic mass is 9.85. The third-order valence-corrected chi connectivity index (χ3v) is 4.47. The topological polar surface area (TPSA) is 17.8 Å². The highest BCUT2D eigenvalue weighted by atomic mass is 15.1. The summed E-state index contributed by atoms with van der Waals surface area (Å²) in [7, 11) is 0. The second-order valence-corrected chi connectivity index (χ2v) is 5.60. The average molecular weight is 238 g/mol. The van der Waals surface area contributed by atoms with E-state index in [1.54, 1.807) is 0 Å². The summed E-state index contributed by atoms with van der Waals surface area (Å²) in [4.78, 5) is 4.72. The number of rotatable bonds is 1. The monoisotopic (exact) mass is 238 g/mol. The first kappa shape index (κ1) is 10.4. The Morgan fingerprint density at radius 2 is 1.89 bits per heavy atom. The molecule has 0 amide bonds. The van der Waals surface area contributed by atoms with Crippen molar-refractivity contribution in [2.24, 2.45) is 0 Å². The molecule has 1 aromatic carbocycles. The first-order valence-corrected chi connectivity index (χ1v) is 7.07. The van der Waals surface area contributed by atoms with Gasteiger partial charge in [-0.15, -0.1) is 0 Å². The Morgan fingerprint density at radius 1 is 1.06 bits per heavy atom. The van der Waals surface area contributed by atoms with Crippen molar-refractivity contribution in [3.8, 4) is 11.3 Å². The smallest absolute Gasteiger partial charge is 0.0957 e. The largest absolute Gasteiger partial charge is 0.326 e. The van der Waals surface area contributed by atoms with Crippen LogP contribution in [0.4, 0.5) is 0 Å². The minimum atomic E-state index is 0.696. The predicted octanol–water partition coefficient (Wildman–Crippen LogP) is 3.96. The van der Waals surface area contributed by atoms with E-state index in [0.717, 1.165) is 6.54 Å². The van der Waals surface area contributed by atoms with Crippen LogP contribution in [0.15, 0.2) is 30.6 Å². The second kappa shape index (κ2) is 3.98. The maximum Gasteiger partial charge on any atom is 0.0957 e. The number of hydrogen-bond acceptors (Lipinski definition) is 1. The van der Waals surface area contributed by atoms with Crippen molar-refractivity contribution in [3.05, 3.63) is 41.9 Å². The Balaban J connectivity index is 1.80.